The van der Waals surface area contributed by atoms with E-state index in [9.17, 15) is 9.59 Å². The van der Waals surface area contributed by atoms with Crippen molar-refractivity contribution >= 4 is 23.4 Å². The number of nitrogens with zero attached hydrogens (tertiary/aromatic N) is 1. The fourth-order valence-corrected chi connectivity index (χ4v) is 3.66. The molecule has 0 bridgehead atoms. The second-order valence-electron chi connectivity index (χ2n) is 7.48. The van der Waals surface area contributed by atoms with E-state index >= 15 is 0 Å². The van der Waals surface area contributed by atoms with Gasteiger partial charge in [-0.1, -0.05) is 29.8 Å². The molecule has 1 aromatic heterocycles. The first-order valence-electron chi connectivity index (χ1n) is 9.37. The van der Waals surface area contributed by atoms with Crippen LogP contribution in [0.25, 0.3) is 11.3 Å². The van der Waals surface area contributed by atoms with Crippen LogP contribution in [0.3, 0.4) is 0 Å². The predicted octanol–water partition coefficient (Wildman–Crippen LogP) is 3.52. The van der Waals surface area contributed by atoms with Crippen molar-refractivity contribution in [1.29, 1.82) is 0 Å². The first-order valence-corrected chi connectivity index (χ1v) is 9.75. The molecule has 0 radical (unpaired) electrons. The van der Waals surface area contributed by atoms with Gasteiger partial charge in [0.25, 0.3) is 5.91 Å². The number of carbonyl (C=O) groups excluding carboxylic acids is 2. The van der Waals surface area contributed by atoms with Crippen LogP contribution in [0.1, 0.15) is 47.7 Å². The Hall–Kier alpha value is -2.40. The predicted molar refractivity (Wildman–Crippen MR) is 104 cm³/mol. The Labute approximate surface area is 163 Å². The fourth-order valence-electron chi connectivity index (χ4n) is 3.47. The van der Waals surface area contributed by atoms with E-state index in [0.29, 0.717) is 28.2 Å². The normalized spacial score (nSPS) is 17.4. The van der Waals surface area contributed by atoms with Gasteiger partial charge in [0, 0.05) is 17.1 Å². The van der Waals surface area contributed by atoms with Gasteiger partial charge < -0.3 is 11.1 Å². The molecule has 2 amide bonds. The summed E-state index contributed by atoms with van der Waals surface area (Å²) >= 11 is 6.09. The Morgan fingerprint density at radius 2 is 1.96 bits per heavy atom. The van der Waals surface area contributed by atoms with Gasteiger partial charge in [-0.25, -0.2) is 4.98 Å². The van der Waals surface area contributed by atoms with Crippen LogP contribution in [0.2, 0.25) is 5.02 Å². The monoisotopic (exact) mass is 383 g/mol. The zero-order valence-corrected chi connectivity index (χ0v) is 15.7. The number of aromatic nitrogens is 1. The lowest BCUT2D eigenvalue weighted by Crippen LogP contribution is -2.37. The summed E-state index contributed by atoms with van der Waals surface area (Å²) in [4.78, 5) is 29.1. The molecule has 140 valence electrons. The third-order valence-electron chi connectivity index (χ3n) is 5.32. The lowest BCUT2D eigenvalue weighted by Gasteiger charge is -2.15. The van der Waals surface area contributed by atoms with Crippen LogP contribution in [0.4, 0.5) is 0 Å². The first kappa shape index (κ1) is 18.0. The van der Waals surface area contributed by atoms with Gasteiger partial charge in [0.2, 0.25) is 5.91 Å². The average Bonchev–Trinajstić information content (AvgIpc) is 3.54. The number of amides is 2. The van der Waals surface area contributed by atoms with Crippen LogP contribution in [-0.2, 0) is 4.79 Å². The molecule has 1 heterocycles. The van der Waals surface area contributed by atoms with Crippen molar-refractivity contribution in [2.24, 2.45) is 17.6 Å². The number of nitrogens with one attached hydrogen (secondary N) is 1. The Kier molecular flexibility index (Phi) is 4.87. The highest BCUT2D eigenvalue weighted by molar-refractivity contribution is 6.30. The molecule has 27 heavy (non-hydrogen) atoms. The van der Waals surface area contributed by atoms with E-state index in [-0.39, 0.29) is 24.3 Å². The SMILES string of the molecule is NC(=O)[C@H](CNC(=O)c1nc(-c2cccc(Cl)c2)ccc1C1CC1)C1CC1. The summed E-state index contributed by atoms with van der Waals surface area (Å²) in [7, 11) is 0. The van der Waals surface area contributed by atoms with E-state index in [0.717, 1.165) is 36.8 Å². The Morgan fingerprint density at radius 3 is 2.59 bits per heavy atom. The molecule has 2 aromatic rings. The van der Waals surface area contributed by atoms with Gasteiger partial charge in [-0.2, -0.15) is 0 Å². The molecule has 1 atom stereocenters. The fraction of sp³-hybridized carbons (Fsp3) is 0.381. The molecule has 0 aliphatic heterocycles. The van der Waals surface area contributed by atoms with Crippen LogP contribution in [-0.4, -0.2) is 23.3 Å². The largest absolute Gasteiger partial charge is 0.369 e. The van der Waals surface area contributed by atoms with E-state index in [2.05, 4.69) is 10.3 Å². The van der Waals surface area contributed by atoms with Crippen LogP contribution in [0.15, 0.2) is 36.4 Å². The van der Waals surface area contributed by atoms with Crippen molar-refractivity contribution in [1.82, 2.24) is 10.3 Å². The minimum Gasteiger partial charge on any atom is -0.369 e. The maximum atomic E-state index is 12.9. The number of pyridine rings is 1. The number of halogens is 1. The van der Waals surface area contributed by atoms with Crippen molar-refractivity contribution < 1.29 is 9.59 Å². The van der Waals surface area contributed by atoms with E-state index in [4.69, 9.17) is 17.3 Å². The Morgan fingerprint density at radius 1 is 1.19 bits per heavy atom. The zero-order chi connectivity index (χ0) is 19.0. The highest BCUT2D eigenvalue weighted by Gasteiger charge is 2.35. The maximum absolute atomic E-state index is 12.9. The van der Waals surface area contributed by atoms with Gasteiger partial charge >= 0.3 is 0 Å². The van der Waals surface area contributed by atoms with Gasteiger partial charge in [0.15, 0.2) is 0 Å². The second-order valence-corrected chi connectivity index (χ2v) is 7.91. The average molecular weight is 384 g/mol. The van der Waals surface area contributed by atoms with Crippen molar-refractivity contribution in [3.63, 3.8) is 0 Å². The molecule has 2 aliphatic carbocycles. The maximum Gasteiger partial charge on any atom is 0.270 e. The molecule has 0 saturated heterocycles. The van der Waals surface area contributed by atoms with Crippen molar-refractivity contribution in [2.45, 2.75) is 31.6 Å². The minimum atomic E-state index is -0.346. The minimum absolute atomic E-state index is 0.243. The Bertz CT molecular complexity index is 891. The van der Waals surface area contributed by atoms with Crippen LogP contribution in [0.5, 0.6) is 0 Å². The molecule has 6 heteroatoms. The summed E-state index contributed by atoms with van der Waals surface area (Å²) in [6.45, 7) is 0.270. The summed E-state index contributed by atoms with van der Waals surface area (Å²) in [6.07, 6.45) is 4.15. The molecule has 2 fully saturated rings. The second kappa shape index (κ2) is 7.31. The number of benzene rings is 1. The summed E-state index contributed by atoms with van der Waals surface area (Å²) in [5.74, 6) is -0.193. The van der Waals surface area contributed by atoms with Crippen molar-refractivity contribution in [3.05, 3.63) is 52.7 Å². The molecule has 2 aliphatic rings. The van der Waals surface area contributed by atoms with Crippen LogP contribution < -0.4 is 11.1 Å². The molecule has 0 spiro atoms. The van der Waals surface area contributed by atoms with E-state index in [1.54, 1.807) is 6.07 Å². The smallest absolute Gasteiger partial charge is 0.270 e. The molecule has 3 N–H and O–H groups in total. The summed E-state index contributed by atoms with van der Waals surface area (Å²) in [5, 5.41) is 3.51. The number of hydrogen-bond donors (Lipinski definition) is 2. The summed E-state index contributed by atoms with van der Waals surface area (Å²) in [6, 6.07) is 11.3. The van der Waals surface area contributed by atoms with Crippen LogP contribution >= 0.6 is 11.6 Å². The molecular weight excluding hydrogens is 362 g/mol. The number of rotatable bonds is 7. The third-order valence-corrected chi connectivity index (χ3v) is 5.55. The summed E-state index contributed by atoms with van der Waals surface area (Å²) < 4.78 is 0. The third kappa shape index (κ3) is 4.14. The molecular formula is C21H22ClN3O2. The lowest BCUT2D eigenvalue weighted by molar-refractivity contribution is -0.122. The number of hydrogen-bond acceptors (Lipinski definition) is 3. The van der Waals surface area contributed by atoms with Crippen molar-refractivity contribution in [3.8, 4) is 11.3 Å². The molecule has 2 saturated carbocycles. The van der Waals surface area contributed by atoms with E-state index in [1.807, 2.05) is 30.3 Å². The van der Waals surface area contributed by atoms with E-state index < -0.39 is 0 Å². The van der Waals surface area contributed by atoms with Gasteiger partial charge in [-0.15, -0.1) is 0 Å². The highest BCUT2D eigenvalue weighted by atomic mass is 35.5. The molecule has 4 rings (SSSR count). The quantitative estimate of drug-likeness (QED) is 0.767. The topological polar surface area (TPSA) is 85.1 Å². The van der Waals surface area contributed by atoms with E-state index in [1.165, 1.54) is 0 Å². The van der Waals surface area contributed by atoms with Gasteiger partial charge in [0.1, 0.15) is 5.69 Å². The van der Waals surface area contributed by atoms with Gasteiger partial charge in [-0.05, 0) is 61.3 Å². The number of carbonyl (C=O) groups is 2. The van der Waals surface area contributed by atoms with Crippen LogP contribution in [0, 0.1) is 11.8 Å². The number of nitrogens with two attached hydrogens (primary N) is 1. The standard InChI is InChI=1S/C21H22ClN3O2/c22-15-3-1-2-14(10-15)18-9-8-16(12-4-5-12)19(25-18)21(27)24-11-17(20(23)26)13-6-7-13/h1-3,8-10,12-13,17H,4-7,11H2,(H2,23,26)(H,24,27)/t17-/m1/s1. The highest BCUT2D eigenvalue weighted by Crippen LogP contribution is 2.42. The lowest BCUT2D eigenvalue weighted by atomic mass is 10.0. The molecule has 5 nitrogen and oxygen atoms in total. The summed E-state index contributed by atoms with van der Waals surface area (Å²) in [5.41, 5.74) is 8.47. The van der Waals surface area contributed by atoms with Gasteiger partial charge in [-0.3, -0.25) is 9.59 Å². The van der Waals surface area contributed by atoms with Crippen molar-refractivity contribution in [2.75, 3.05) is 6.54 Å². The van der Waals surface area contributed by atoms with Gasteiger partial charge in [0.05, 0.1) is 11.6 Å². The Balaban J connectivity index is 1.58. The number of primary amides is 1. The molecule has 1 aromatic carbocycles. The zero-order valence-electron chi connectivity index (χ0n) is 15.0. The first-order chi connectivity index (χ1) is 13.0. The molecule has 0 unspecified atom stereocenters.